The molecule has 25 heavy (non-hydrogen) atoms. The first-order valence-electron chi connectivity index (χ1n) is 8.71. The second kappa shape index (κ2) is 6.24. The molecule has 7 heteroatoms. The number of hydrazine groups is 1. The van der Waals surface area contributed by atoms with E-state index in [0.717, 1.165) is 42.9 Å². The number of amides is 1. The molecule has 2 atom stereocenters. The molecule has 3 aliphatic heterocycles. The van der Waals surface area contributed by atoms with Crippen LogP contribution in [-0.4, -0.2) is 78.7 Å². The Bertz CT molecular complexity index is 724. The maximum Gasteiger partial charge on any atom is 0.265 e. The van der Waals surface area contributed by atoms with Crippen LogP contribution in [0.25, 0.3) is 5.57 Å². The van der Waals surface area contributed by atoms with Crippen molar-refractivity contribution in [2.75, 3.05) is 46.8 Å². The summed E-state index contributed by atoms with van der Waals surface area (Å²) in [5.74, 6) is 0.00289. The van der Waals surface area contributed by atoms with Gasteiger partial charge in [-0.15, -0.1) is 0 Å². The quantitative estimate of drug-likeness (QED) is 0.817. The largest absolute Gasteiger partial charge is 0.304 e. The highest BCUT2D eigenvalue weighted by Gasteiger charge is 2.44. The van der Waals surface area contributed by atoms with Crippen LogP contribution in [0.15, 0.2) is 41.2 Å². The predicted octanol–water partition coefficient (Wildman–Crippen LogP) is 1.43. The fraction of sp³-hybridized carbons (Fsp3) is 0.500. The topological polar surface area (TPSA) is 54.8 Å². The first-order valence-corrected chi connectivity index (χ1v) is 8.71. The average Bonchev–Trinajstić information content (AvgIpc) is 3.05. The zero-order valence-corrected chi connectivity index (χ0v) is 14.8. The summed E-state index contributed by atoms with van der Waals surface area (Å²) >= 11 is 0. The van der Waals surface area contributed by atoms with E-state index in [-0.39, 0.29) is 11.9 Å². The standard InChI is InChI=1S/C18H24N6O/c1-13-12-24-17(15-7-5-4-6-14(13)15)16(19-20-24)18(25)22(3)23-10-8-21(2)9-11-23/h4-7,16-17H,1,8-12H2,2-3H3/t16-,17+/m1/s1. The number of hydrogen-bond donors (Lipinski definition) is 0. The minimum absolute atomic E-state index is 0.00289. The maximum absolute atomic E-state index is 13.1. The highest BCUT2D eigenvalue weighted by Crippen LogP contribution is 2.41. The van der Waals surface area contributed by atoms with Crippen molar-refractivity contribution in [1.29, 1.82) is 0 Å². The third-order valence-corrected chi connectivity index (χ3v) is 5.40. The third kappa shape index (κ3) is 2.73. The van der Waals surface area contributed by atoms with E-state index in [2.05, 4.69) is 46.0 Å². The van der Waals surface area contributed by atoms with Crippen molar-refractivity contribution in [2.45, 2.75) is 12.1 Å². The minimum atomic E-state index is -0.501. The van der Waals surface area contributed by atoms with E-state index in [1.54, 1.807) is 5.01 Å². The van der Waals surface area contributed by atoms with Crippen molar-refractivity contribution in [1.82, 2.24) is 19.9 Å². The molecule has 0 aliphatic carbocycles. The van der Waals surface area contributed by atoms with Crippen LogP contribution in [0.4, 0.5) is 0 Å². The van der Waals surface area contributed by atoms with Crippen LogP contribution in [0.1, 0.15) is 17.2 Å². The van der Waals surface area contributed by atoms with Crippen molar-refractivity contribution in [3.63, 3.8) is 0 Å². The number of likely N-dealkylation sites (N-methyl/N-ethyl adjacent to an activating group) is 2. The van der Waals surface area contributed by atoms with Crippen LogP contribution in [0.2, 0.25) is 0 Å². The smallest absolute Gasteiger partial charge is 0.265 e. The lowest BCUT2D eigenvalue weighted by Crippen LogP contribution is -2.55. The Labute approximate surface area is 148 Å². The van der Waals surface area contributed by atoms with E-state index in [9.17, 15) is 4.79 Å². The predicted molar refractivity (Wildman–Crippen MR) is 95.4 cm³/mol. The molecule has 0 bridgehead atoms. The van der Waals surface area contributed by atoms with Crippen molar-refractivity contribution in [3.8, 4) is 0 Å². The van der Waals surface area contributed by atoms with Gasteiger partial charge in [-0.05, 0) is 23.7 Å². The van der Waals surface area contributed by atoms with Crippen molar-refractivity contribution in [3.05, 3.63) is 42.0 Å². The zero-order chi connectivity index (χ0) is 17.6. The van der Waals surface area contributed by atoms with E-state index >= 15 is 0 Å². The number of carbonyl (C=O) groups is 1. The summed E-state index contributed by atoms with van der Waals surface area (Å²) in [7, 11) is 3.95. The molecule has 0 spiro atoms. The monoisotopic (exact) mass is 340 g/mol. The number of piperazine rings is 1. The second-order valence-corrected chi connectivity index (χ2v) is 7.00. The SMILES string of the molecule is C=C1CN2N=N[C@@H](C(=O)N(C)N3CCN(C)CC3)[C@@H]2c2ccccc21. The number of fused-ring (bicyclic) bond motifs is 3. The van der Waals surface area contributed by atoms with Gasteiger partial charge in [-0.2, -0.15) is 5.11 Å². The molecular weight excluding hydrogens is 316 g/mol. The normalized spacial score (nSPS) is 26.5. The van der Waals surface area contributed by atoms with E-state index < -0.39 is 6.04 Å². The third-order valence-electron chi connectivity index (χ3n) is 5.40. The number of rotatable bonds is 2. The van der Waals surface area contributed by atoms with Crippen LogP contribution in [0, 0.1) is 0 Å². The van der Waals surface area contributed by atoms with Crippen molar-refractivity contribution in [2.24, 2.45) is 10.3 Å². The summed E-state index contributed by atoms with van der Waals surface area (Å²) in [6.45, 7) is 8.39. The molecule has 0 saturated carbocycles. The van der Waals surface area contributed by atoms with Crippen LogP contribution < -0.4 is 0 Å². The first kappa shape index (κ1) is 16.2. The summed E-state index contributed by atoms with van der Waals surface area (Å²) in [5, 5.41) is 14.3. The van der Waals surface area contributed by atoms with E-state index in [1.807, 2.05) is 24.2 Å². The minimum Gasteiger partial charge on any atom is -0.304 e. The van der Waals surface area contributed by atoms with Crippen LogP contribution in [-0.2, 0) is 4.79 Å². The maximum atomic E-state index is 13.1. The average molecular weight is 340 g/mol. The fourth-order valence-corrected chi connectivity index (χ4v) is 3.83. The van der Waals surface area contributed by atoms with Crippen LogP contribution >= 0.6 is 0 Å². The molecule has 0 radical (unpaired) electrons. The molecule has 4 rings (SSSR count). The van der Waals surface area contributed by atoms with Gasteiger partial charge < -0.3 is 4.90 Å². The Kier molecular flexibility index (Phi) is 4.05. The van der Waals surface area contributed by atoms with Gasteiger partial charge >= 0.3 is 0 Å². The van der Waals surface area contributed by atoms with Gasteiger partial charge in [-0.1, -0.05) is 36.1 Å². The van der Waals surface area contributed by atoms with Crippen molar-refractivity contribution < 1.29 is 4.79 Å². The number of nitrogens with zero attached hydrogens (tertiary/aromatic N) is 6. The molecule has 1 saturated heterocycles. The van der Waals surface area contributed by atoms with Gasteiger partial charge in [-0.3, -0.25) is 14.8 Å². The van der Waals surface area contributed by atoms with Gasteiger partial charge in [-0.25, -0.2) is 5.01 Å². The summed E-state index contributed by atoms with van der Waals surface area (Å²) in [4.78, 5) is 15.4. The molecule has 1 aromatic carbocycles. The van der Waals surface area contributed by atoms with Crippen LogP contribution in [0.5, 0.6) is 0 Å². The summed E-state index contributed by atoms with van der Waals surface area (Å²) in [5.41, 5.74) is 3.23. The van der Waals surface area contributed by atoms with E-state index in [4.69, 9.17) is 0 Å². The highest BCUT2D eigenvalue weighted by atomic mass is 16.2. The van der Waals surface area contributed by atoms with Gasteiger partial charge in [0.25, 0.3) is 5.91 Å². The molecule has 0 N–H and O–H groups in total. The molecule has 0 unspecified atom stereocenters. The Morgan fingerprint density at radius 3 is 2.72 bits per heavy atom. The Morgan fingerprint density at radius 1 is 1.24 bits per heavy atom. The van der Waals surface area contributed by atoms with Gasteiger partial charge in [0.15, 0.2) is 6.04 Å². The van der Waals surface area contributed by atoms with Crippen molar-refractivity contribution >= 4 is 11.5 Å². The molecule has 1 amide bonds. The lowest BCUT2D eigenvalue weighted by atomic mass is 9.87. The number of carbonyl (C=O) groups excluding carboxylic acids is 1. The van der Waals surface area contributed by atoms with E-state index in [0.29, 0.717) is 6.54 Å². The van der Waals surface area contributed by atoms with Crippen LogP contribution in [0.3, 0.4) is 0 Å². The lowest BCUT2D eigenvalue weighted by molar-refractivity contribution is -0.150. The summed E-state index contributed by atoms with van der Waals surface area (Å²) in [6, 6.07) is 7.50. The molecule has 132 valence electrons. The van der Waals surface area contributed by atoms with E-state index in [1.165, 1.54) is 0 Å². The summed E-state index contributed by atoms with van der Waals surface area (Å²) < 4.78 is 0. The Balaban J connectivity index is 1.57. The lowest BCUT2D eigenvalue weighted by Gasteiger charge is -2.40. The summed E-state index contributed by atoms with van der Waals surface area (Å²) in [6.07, 6.45) is 0. The molecule has 1 fully saturated rings. The second-order valence-electron chi connectivity index (χ2n) is 7.00. The first-order chi connectivity index (χ1) is 12.1. The zero-order valence-electron chi connectivity index (χ0n) is 14.8. The Hall–Kier alpha value is -2.25. The molecule has 7 nitrogen and oxygen atoms in total. The fourth-order valence-electron chi connectivity index (χ4n) is 3.83. The molecule has 0 aromatic heterocycles. The molecule has 3 aliphatic rings. The van der Waals surface area contributed by atoms with Gasteiger partial charge in [0.2, 0.25) is 0 Å². The number of benzene rings is 1. The highest BCUT2D eigenvalue weighted by molar-refractivity contribution is 5.84. The number of hydrogen-bond acceptors (Lipinski definition) is 6. The van der Waals surface area contributed by atoms with Gasteiger partial charge in [0.05, 0.1) is 6.54 Å². The molecular formula is C18H24N6O. The van der Waals surface area contributed by atoms with Gasteiger partial charge in [0.1, 0.15) is 6.04 Å². The molecule has 1 aromatic rings. The Morgan fingerprint density at radius 2 is 1.96 bits per heavy atom. The molecule has 3 heterocycles. The van der Waals surface area contributed by atoms with Gasteiger partial charge in [0, 0.05) is 33.2 Å².